The van der Waals surface area contributed by atoms with Crippen molar-refractivity contribution in [2.24, 2.45) is 0 Å². The number of nitrogens with zero attached hydrogens (tertiary/aromatic N) is 2. The van der Waals surface area contributed by atoms with Crippen molar-refractivity contribution in [1.29, 1.82) is 0 Å². The number of nitrogens with one attached hydrogen (secondary N) is 1. The van der Waals surface area contributed by atoms with E-state index in [-0.39, 0.29) is 12.6 Å². The topological polar surface area (TPSA) is 58.0 Å². The molecule has 0 aromatic carbocycles. The molecule has 1 unspecified atom stereocenters. The third-order valence-electron chi connectivity index (χ3n) is 1.32. The van der Waals surface area contributed by atoms with Crippen LogP contribution in [0.3, 0.4) is 0 Å². The van der Waals surface area contributed by atoms with Gasteiger partial charge in [0.25, 0.3) is 0 Å². The lowest BCUT2D eigenvalue weighted by molar-refractivity contribution is 0.281. The maximum Gasteiger partial charge on any atom is 0.144 e. The SMILES string of the molecule is CC(CO)Nc1ncncc1Br. The predicted molar refractivity (Wildman–Crippen MR) is 49.9 cm³/mol. The predicted octanol–water partition coefficient (Wildman–Crippen LogP) is 1.03. The van der Waals surface area contributed by atoms with Crippen molar-refractivity contribution in [1.82, 2.24) is 9.97 Å². The Kier molecular flexibility index (Phi) is 3.43. The number of aliphatic hydroxyl groups excluding tert-OH is 1. The number of anilines is 1. The highest BCUT2D eigenvalue weighted by atomic mass is 79.9. The highest BCUT2D eigenvalue weighted by Crippen LogP contribution is 2.17. The van der Waals surface area contributed by atoms with E-state index in [0.717, 1.165) is 4.47 Å². The van der Waals surface area contributed by atoms with E-state index < -0.39 is 0 Å². The van der Waals surface area contributed by atoms with Gasteiger partial charge < -0.3 is 10.4 Å². The van der Waals surface area contributed by atoms with Crippen LogP contribution in [0.5, 0.6) is 0 Å². The minimum absolute atomic E-state index is 0.00352. The summed E-state index contributed by atoms with van der Waals surface area (Å²) in [5.74, 6) is 0.701. The fourth-order valence-corrected chi connectivity index (χ4v) is 1.03. The Morgan fingerprint density at radius 1 is 1.75 bits per heavy atom. The van der Waals surface area contributed by atoms with Gasteiger partial charge in [0.1, 0.15) is 12.1 Å². The van der Waals surface area contributed by atoms with E-state index in [9.17, 15) is 0 Å². The Labute approximate surface area is 79.2 Å². The third-order valence-corrected chi connectivity index (χ3v) is 1.90. The maximum atomic E-state index is 8.77. The van der Waals surface area contributed by atoms with Gasteiger partial charge in [0.2, 0.25) is 0 Å². The van der Waals surface area contributed by atoms with Crippen molar-refractivity contribution in [2.45, 2.75) is 13.0 Å². The molecule has 0 aliphatic heterocycles. The molecule has 1 heterocycles. The Morgan fingerprint density at radius 3 is 3.08 bits per heavy atom. The second kappa shape index (κ2) is 4.37. The van der Waals surface area contributed by atoms with Gasteiger partial charge in [-0.05, 0) is 22.9 Å². The quantitative estimate of drug-likeness (QED) is 0.817. The van der Waals surface area contributed by atoms with Crippen molar-refractivity contribution < 1.29 is 5.11 Å². The third kappa shape index (κ3) is 2.42. The number of halogens is 1. The van der Waals surface area contributed by atoms with Gasteiger partial charge in [0.05, 0.1) is 11.1 Å². The van der Waals surface area contributed by atoms with Gasteiger partial charge in [-0.3, -0.25) is 0 Å². The normalized spacial score (nSPS) is 12.6. The van der Waals surface area contributed by atoms with Gasteiger partial charge in [0, 0.05) is 12.2 Å². The first kappa shape index (κ1) is 9.41. The summed E-state index contributed by atoms with van der Waals surface area (Å²) in [6, 6.07) is -0.00352. The fourth-order valence-electron chi connectivity index (χ4n) is 0.698. The van der Waals surface area contributed by atoms with E-state index in [2.05, 4.69) is 31.2 Å². The average Bonchev–Trinajstić information content (AvgIpc) is 2.09. The van der Waals surface area contributed by atoms with Gasteiger partial charge in [-0.2, -0.15) is 0 Å². The number of hydrogen-bond acceptors (Lipinski definition) is 4. The van der Waals surface area contributed by atoms with Crippen LogP contribution >= 0.6 is 15.9 Å². The van der Waals surface area contributed by atoms with Crippen LogP contribution in [0, 0.1) is 0 Å². The van der Waals surface area contributed by atoms with Gasteiger partial charge in [-0.25, -0.2) is 9.97 Å². The molecule has 0 spiro atoms. The molecule has 0 aliphatic rings. The van der Waals surface area contributed by atoms with Gasteiger partial charge in [0.15, 0.2) is 0 Å². The van der Waals surface area contributed by atoms with Crippen LogP contribution in [-0.4, -0.2) is 27.7 Å². The summed E-state index contributed by atoms with van der Waals surface area (Å²) in [5.41, 5.74) is 0. The van der Waals surface area contributed by atoms with Crippen LogP contribution in [0.15, 0.2) is 17.0 Å². The molecule has 1 aromatic heterocycles. The number of aliphatic hydroxyl groups is 1. The minimum atomic E-state index is -0.00352. The lowest BCUT2D eigenvalue weighted by Crippen LogP contribution is -2.20. The first-order valence-electron chi connectivity index (χ1n) is 3.57. The molecule has 1 aromatic rings. The van der Waals surface area contributed by atoms with Gasteiger partial charge >= 0.3 is 0 Å². The Morgan fingerprint density at radius 2 is 2.50 bits per heavy atom. The molecule has 0 fully saturated rings. The van der Waals surface area contributed by atoms with Crippen LogP contribution in [0.1, 0.15) is 6.92 Å². The average molecular weight is 232 g/mol. The summed E-state index contributed by atoms with van der Waals surface area (Å²) in [7, 11) is 0. The van der Waals surface area contributed by atoms with Crippen LogP contribution in [0.2, 0.25) is 0 Å². The molecule has 2 N–H and O–H groups in total. The molecule has 0 amide bonds. The van der Waals surface area contributed by atoms with E-state index in [1.807, 2.05) is 6.92 Å². The van der Waals surface area contributed by atoms with Crippen LogP contribution < -0.4 is 5.32 Å². The molecule has 66 valence electrons. The van der Waals surface area contributed by atoms with Crippen LogP contribution in [0.25, 0.3) is 0 Å². The van der Waals surface area contributed by atoms with Crippen molar-refractivity contribution in [2.75, 3.05) is 11.9 Å². The number of rotatable bonds is 3. The van der Waals surface area contributed by atoms with E-state index in [0.29, 0.717) is 5.82 Å². The van der Waals surface area contributed by atoms with Crippen molar-refractivity contribution >= 4 is 21.7 Å². The Bertz CT molecular complexity index is 256. The first-order chi connectivity index (χ1) is 5.74. The van der Waals surface area contributed by atoms with Crippen molar-refractivity contribution in [3.8, 4) is 0 Å². The highest BCUT2D eigenvalue weighted by molar-refractivity contribution is 9.10. The Hall–Kier alpha value is -0.680. The Balaban J connectivity index is 2.69. The molecule has 1 rings (SSSR count). The smallest absolute Gasteiger partial charge is 0.144 e. The highest BCUT2D eigenvalue weighted by Gasteiger charge is 2.03. The first-order valence-corrected chi connectivity index (χ1v) is 4.36. The molecule has 1 atom stereocenters. The zero-order valence-corrected chi connectivity index (χ0v) is 8.24. The lowest BCUT2D eigenvalue weighted by Gasteiger charge is -2.11. The van der Waals surface area contributed by atoms with E-state index in [4.69, 9.17) is 5.11 Å². The van der Waals surface area contributed by atoms with E-state index >= 15 is 0 Å². The molecule has 0 radical (unpaired) electrons. The number of aromatic nitrogens is 2. The number of hydrogen-bond donors (Lipinski definition) is 2. The molecule has 0 saturated heterocycles. The monoisotopic (exact) mass is 231 g/mol. The maximum absolute atomic E-state index is 8.77. The van der Waals surface area contributed by atoms with Crippen molar-refractivity contribution in [3.05, 3.63) is 17.0 Å². The summed E-state index contributed by atoms with van der Waals surface area (Å²) in [5, 5.41) is 11.8. The molecule has 0 saturated carbocycles. The molecular formula is C7H10BrN3O. The summed E-state index contributed by atoms with van der Waals surface area (Å²) in [6.45, 7) is 1.95. The minimum Gasteiger partial charge on any atom is -0.394 e. The summed E-state index contributed by atoms with van der Waals surface area (Å²) in [4.78, 5) is 7.80. The van der Waals surface area contributed by atoms with Crippen molar-refractivity contribution in [3.63, 3.8) is 0 Å². The lowest BCUT2D eigenvalue weighted by atomic mass is 10.3. The van der Waals surface area contributed by atoms with Gasteiger partial charge in [-0.1, -0.05) is 0 Å². The van der Waals surface area contributed by atoms with E-state index in [1.165, 1.54) is 6.33 Å². The second-order valence-electron chi connectivity index (χ2n) is 2.45. The van der Waals surface area contributed by atoms with Gasteiger partial charge in [-0.15, -0.1) is 0 Å². The zero-order chi connectivity index (χ0) is 8.97. The summed E-state index contributed by atoms with van der Waals surface area (Å²) >= 11 is 3.28. The molecule has 5 heteroatoms. The second-order valence-corrected chi connectivity index (χ2v) is 3.30. The standard InChI is InChI=1S/C7H10BrN3O/c1-5(3-12)11-7-6(8)2-9-4-10-7/h2,4-5,12H,3H2,1H3,(H,9,10,11). The summed E-state index contributed by atoms with van der Waals surface area (Å²) < 4.78 is 0.797. The molecule has 0 bridgehead atoms. The summed E-state index contributed by atoms with van der Waals surface area (Å²) in [6.07, 6.45) is 3.11. The molecule has 4 nitrogen and oxygen atoms in total. The fraction of sp³-hybridized carbons (Fsp3) is 0.429. The molecule has 0 aliphatic carbocycles. The van der Waals surface area contributed by atoms with Crippen LogP contribution in [-0.2, 0) is 0 Å². The molecule has 12 heavy (non-hydrogen) atoms. The molecular weight excluding hydrogens is 222 g/mol. The zero-order valence-electron chi connectivity index (χ0n) is 6.66. The van der Waals surface area contributed by atoms with Crippen LogP contribution in [0.4, 0.5) is 5.82 Å². The van der Waals surface area contributed by atoms with E-state index in [1.54, 1.807) is 6.20 Å². The largest absolute Gasteiger partial charge is 0.394 e.